The van der Waals surface area contributed by atoms with Crippen molar-refractivity contribution in [3.05, 3.63) is 80.9 Å². The first-order valence-corrected chi connectivity index (χ1v) is 13.3. The minimum Gasteiger partial charge on any atom is -0.493 e. The zero-order valence-electron chi connectivity index (χ0n) is 18.6. The van der Waals surface area contributed by atoms with Gasteiger partial charge in [-0.3, -0.25) is 4.79 Å². The Bertz CT molecular complexity index is 1310. The first kappa shape index (κ1) is 24.5. The molecule has 0 unspecified atom stereocenters. The van der Waals surface area contributed by atoms with Gasteiger partial charge in [-0.15, -0.1) is 11.3 Å². The van der Waals surface area contributed by atoms with E-state index in [-0.39, 0.29) is 11.7 Å². The molecule has 4 rings (SSSR count). The molecule has 0 radical (unpaired) electrons. The SMILES string of the molecule is COc1cc(/C=N\NC(=O)CSc2nc3ccccc3s2)cc(I)c1OCc1ccccc1C. The third-order valence-corrected chi connectivity index (χ3v) is 7.87. The van der Waals surface area contributed by atoms with Crippen LogP contribution < -0.4 is 14.9 Å². The van der Waals surface area contributed by atoms with Crippen LogP contribution in [0, 0.1) is 10.5 Å². The molecule has 1 heterocycles. The Hall–Kier alpha value is -2.63. The smallest absolute Gasteiger partial charge is 0.250 e. The van der Waals surface area contributed by atoms with Gasteiger partial charge in [0.15, 0.2) is 15.8 Å². The van der Waals surface area contributed by atoms with E-state index in [4.69, 9.17) is 9.47 Å². The van der Waals surface area contributed by atoms with Crippen LogP contribution >= 0.6 is 45.7 Å². The lowest BCUT2D eigenvalue weighted by Gasteiger charge is -2.14. The number of carbonyl (C=O) groups is 1. The van der Waals surface area contributed by atoms with Gasteiger partial charge in [-0.1, -0.05) is 48.2 Å². The minimum absolute atomic E-state index is 0.194. The van der Waals surface area contributed by atoms with Crippen LogP contribution in [0.4, 0.5) is 0 Å². The number of carbonyl (C=O) groups excluding carboxylic acids is 1. The average molecular weight is 604 g/mol. The Kier molecular flexibility index (Phi) is 8.41. The van der Waals surface area contributed by atoms with Crippen molar-refractivity contribution in [3.8, 4) is 11.5 Å². The molecule has 0 bridgehead atoms. The summed E-state index contributed by atoms with van der Waals surface area (Å²) in [6, 6.07) is 19.8. The lowest BCUT2D eigenvalue weighted by molar-refractivity contribution is -0.118. The lowest BCUT2D eigenvalue weighted by Crippen LogP contribution is -2.19. The molecule has 0 aliphatic heterocycles. The standard InChI is InChI=1S/C25H22IN3O3S2/c1-16-7-3-4-8-18(16)14-32-24-19(26)11-17(12-21(24)31-2)13-27-29-23(30)15-33-25-28-20-9-5-6-10-22(20)34-25/h3-13H,14-15H2,1-2H3,(H,29,30)/b27-13-. The number of aromatic nitrogens is 1. The van der Waals surface area contributed by atoms with Crippen molar-refractivity contribution in [1.82, 2.24) is 10.4 Å². The van der Waals surface area contributed by atoms with E-state index in [9.17, 15) is 4.79 Å². The number of thiazole rings is 1. The van der Waals surface area contributed by atoms with Crippen LogP contribution in [0.15, 0.2) is 70.1 Å². The van der Waals surface area contributed by atoms with Crippen molar-refractivity contribution < 1.29 is 14.3 Å². The molecular formula is C25H22IN3O3S2. The van der Waals surface area contributed by atoms with E-state index in [2.05, 4.69) is 51.1 Å². The first-order valence-electron chi connectivity index (χ1n) is 10.4. The van der Waals surface area contributed by atoms with Crippen molar-refractivity contribution in [2.45, 2.75) is 17.9 Å². The maximum absolute atomic E-state index is 12.2. The van der Waals surface area contributed by atoms with Crippen LogP contribution in [-0.4, -0.2) is 30.0 Å². The van der Waals surface area contributed by atoms with Crippen molar-refractivity contribution in [3.63, 3.8) is 0 Å². The zero-order chi connectivity index (χ0) is 23.9. The van der Waals surface area contributed by atoms with Gasteiger partial charge in [-0.25, -0.2) is 10.4 Å². The Morgan fingerprint density at radius 2 is 2.00 bits per heavy atom. The van der Waals surface area contributed by atoms with Gasteiger partial charge in [0.05, 0.1) is 32.9 Å². The Balaban J connectivity index is 1.34. The van der Waals surface area contributed by atoms with Crippen LogP contribution in [0.25, 0.3) is 10.2 Å². The fourth-order valence-corrected chi connectivity index (χ4v) is 5.77. The number of thioether (sulfide) groups is 1. The fourth-order valence-electron chi connectivity index (χ4n) is 3.13. The average Bonchev–Trinajstić information content (AvgIpc) is 3.26. The molecule has 0 spiro atoms. The minimum atomic E-state index is -0.194. The van der Waals surface area contributed by atoms with E-state index in [0.29, 0.717) is 18.1 Å². The van der Waals surface area contributed by atoms with E-state index in [1.165, 1.54) is 17.3 Å². The summed E-state index contributed by atoms with van der Waals surface area (Å²) in [5, 5.41) is 4.09. The molecule has 34 heavy (non-hydrogen) atoms. The number of halogens is 1. The number of nitrogens with one attached hydrogen (secondary N) is 1. The topological polar surface area (TPSA) is 72.8 Å². The monoisotopic (exact) mass is 603 g/mol. The van der Waals surface area contributed by atoms with Crippen LogP contribution in [-0.2, 0) is 11.4 Å². The molecule has 4 aromatic rings. The molecule has 1 aromatic heterocycles. The molecule has 0 aliphatic rings. The number of ether oxygens (including phenoxy) is 2. The van der Waals surface area contributed by atoms with Crippen molar-refractivity contribution in [1.29, 1.82) is 0 Å². The molecule has 174 valence electrons. The Morgan fingerprint density at radius 3 is 2.79 bits per heavy atom. The van der Waals surface area contributed by atoms with Gasteiger partial charge in [-0.05, 0) is 70.5 Å². The van der Waals surface area contributed by atoms with Crippen molar-refractivity contribution >= 4 is 68.0 Å². The quantitative estimate of drug-likeness (QED) is 0.109. The van der Waals surface area contributed by atoms with E-state index in [1.54, 1.807) is 24.7 Å². The second-order valence-corrected chi connectivity index (χ2v) is 10.7. The molecule has 1 N–H and O–H groups in total. The molecule has 0 atom stereocenters. The van der Waals surface area contributed by atoms with E-state index in [1.807, 2.05) is 54.6 Å². The molecule has 0 fully saturated rings. The van der Waals surface area contributed by atoms with Gasteiger partial charge < -0.3 is 9.47 Å². The van der Waals surface area contributed by atoms with E-state index >= 15 is 0 Å². The summed E-state index contributed by atoms with van der Waals surface area (Å²) in [6.45, 7) is 2.52. The summed E-state index contributed by atoms with van der Waals surface area (Å²) in [7, 11) is 1.61. The number of amides is 1. The second-order valence-electron chi connectivity index (χ2n) is 7.28. The maximum Gasteiger partial charge on any atom is 0.250 e. The summed E-state index contributed by atoms with van der Waals surface area (Å²) < 4.78 is 14.5. The van der Waals surface area contributed by atoms with E-state index in [0.717, 1.165) is 29.3 Å². The number of para-hydroxylation sites is 1. The fraction of sp³-hybridized carbons (Fsp3) is 0.160. The highest BCUT2D eigenvalue weighted by Gasteiger charge is 2.12. The number of hydrogen-bond donors (Lipinski definition) is 1. The van der Waals surface area contributed by atoms with Crippen molar-refractivity contribution in [2.75, 3.05) is 12.9 Å². The molecular weight excluding hydrogens is 581 g/mol. The van der Waals surface area contributed by atoms with Gasteiger partial charge in [0, 0.05) is 0 Å². The largest absolute Gasteiger partial charge is 0.493 e. The number of benzene rings is 3. The van der Waals surface area contributed by atoms with Crippen LogP contribution in [0.3, 0.4) is 0 Å². The molecule has 0 saturated carbocycles. The Morgan fingerprint density at radius 1 is 1.21 bits per heavy atom. The number of aryl methyl sites for hydroxylation is 1. The van der Waals surface area contributed by atoms with Gasteiger partial charge in [0.1, 0.15) is 6.61 Å². The molecule has 3 aromatic carbocycles. The molecule has 9 heteroatoms. The summed E-state index contributed by atoms with van der Waals surface area (Å²) in [5.41, 5.74) is 6.61. The van der Waals surface area contributed by atoms with Gasteiger partial charge in [0.2, 0.25) is 0 Å². The Labute approximate surface area is 219 Å². The zero-order valence-corrected chi connectivity index (χ0v) is 22.4. The molecule has 1 amide bonds. The summed E-state index contributed by atoms with van der Waals surface area (Å²) >= 11 is 5.19. The summed E-state index contributed by atoms with van der Waals surface area (Å²) in [4.78, 5) is 16.7. The van der Waals surface area contributed by atoms with Crippen molar-refractivity contribution in [2.24, 2.45) is 5.10 Å². The molecule has 6 nitrogen and oxygen atoms in total. The number of nitrogens with zero attached hydrogens (tertiary/aromatic N) is 2. The van der Waals surface area contributed by atoms with Crippen LogP contribution in [0.1, 0.15) is 16.7 Å². The highest BCUT2D eigenvalue weighted by atomic mass is 127. The summed E-state index contributed by atoms with van der Waals surface area (Å²) in [5.74, 6) is 1.34. The highest BCUT2D eigenvalue weighted by Crippen LogP contribution is 2.34. The normalized spacial score (nSPS) is 11.1. The predicted octanol–water partition coefficient (Wildman–Crippen LogP) is 6.04. The summed E-state index contributed by atoms with van der Waals surface area (Å²) in [6.07, 6.45) is 1.59. The molecule has 0 saturated heterocycles. The molecule has 0 aliphatic carbocycles. The van der Waals surface area contributed by atoms with Gasteiger partial charge in [-0.2, -0.15) is 5.10 Å². The van der Waals surface area contributed by atoms with E-state index < -0.39 is 0 Å². The van der Waals surface area contributed by atoms with Gasteiger partial charge >= 0.3 is 0 Å². The third-order valence-electron chi connectivity index (χ3n) is 4.89. The maximum atomic E-state index is 12.2. The predicted molar refractivity (Wildman–Crippen MR) is 147 cm³/mol. The van der Waals surface area contributed by atoms with Crippen LogP contribution in [0.5, 0.6) is 11.5 Å². The van der Waals surface area contributed by atoms with Gasteiger partial charge in [0.25, 0.3) is 5.91 Å². The lowest BCUT2D eigenvalue weighted by atomic mass is 10.1. The first-order chi connectivity index (χ1) is 16.5. The number of rotatable bonds is 9. The number of hydrogen-bond acceptors (Lipinski definition) is 7. The number of hydrazone groups is 1. The van der Waals surface area contributed by atoms with Crippen LogP contribution in [0.2, 0.25) is 0 Å². The second kappa shape index (κ2) is 11.7. The highest BCUT2D eigenvalue weighted by molar-refractivity contribution is 14.1. The number of methoxy groups -OCH3 is 1. The number of fused-ring (bicyclic) bond motifs is 1. The third kappa shape index (κ3) is 6.28.